The molecule has 0 atom stereocenters. The van der Waals surface area contributed by atoms with E-state index in [9.17, 15) is 15.0 Å². The summed E-state index contributed by atoms with van der Waals surface area (Å²) in [6.45, 7) is 6.29. The number of nitrogens with zero attached hydrogens (tertiary/aromatic N) is 3. The van der Waals surface area contributed by atoms with E-state index in [1.807, 2.05) is 0 Å². The van der Waals surface area contributed by atoms with Crippen LogP contribution in [0.15, 0.2) is 23.6 Å². The van der Waals surface area contributed by atoms with Crippen LogP contribution in [0.25, 0.3) is 11.3 Å². The van der Waals surface area contributed by atoms with Gasteiger partial charge in [0, 0.05) is 43.2 Å². The number of likely N-dealkylation sites (N-methyl/N-ethyl adjacent to an activating group) is 1. The molecule has 1 aliphatic heterocycles. The number of thiazole rings is 1. The zero-order valence-electron chi connectivity index (χ0n) is 13.4. The first-order chi connectivity index (χ1) is 11.6. The summed E-state index contributed by atoms with van der Waals surface area (Å²) in [4.78, 5) is 20.7. The van der Waals surface area contributed by atoms with Crippen molar-refractivity contribution in [1.29, 1.82) is 0 Å². The molecule has 2 aromatic rings. The Kier molecular flexibility index (Phi) is 4.86. The first kappa shape index (κ1) is 16.5. The van der Waals surface area contributed by atoms with E-state index in [0.717, 1.165) is 19.6 Å². The van der Waals surface area contributed by atoms with Crippen LogP contribution in [0.4, 0.5) is 9.93 Å². The Labute approximate surface area is 144 Å². The van der Waals surface area contributed by atoms with Gasteiger partial charge in [-0.25, -0.2) is 9.78 Å². The number of phenols is 2. The number of aromatic nitrogens is 1. The van der Waals surface area contributed by atoms with Gasteiger partial charge in [-0.1, -0.05) is 6.92 Å². The summed E-state index contributed by atoms with van der Waals surface area (Å²) in [5, 5.41) is 24.3. The van der Waals surface area contributed by atoms with Crippen molar-refractivity contribution in [2.45, 2.75) is 6.92 Å². The molecule has 8 heteroatoms. The number of piperazine rings is 1. The number of aromatic hydroxyl groups is 2. The number of nitrogens with one attached hydrogen (secondary N) is 1. The maximum Gasteiger partial charge on any atom is 0.323 e. The van der Waals surface area contributed by atoms with Gasteiger partial charge in [-0.2, -0.15) is 0 Å². The minimum atomic E-state index is -0.151. The molecular weight excluding hydrogens is 328 g/mol. The van der Waals surface area contributed by atoms with Crippen LogP contribution in [0, 0.1) is 0 Å². The van der Waals surface area contributed by atoms with E-state index in [1.165, 1.54) is 23.5 Å². The zero-order valence-corrected chi connectivity index (χ0v) is 14.2. The van der Waals surface area contributed by atoms with Crippen molar-refractivity contribution in [1.82, 2.24) is 14.8 Å². The summed E-state index contributed by atoms with van der Waals surface area (Å²) in [5.41, 5.74) is 1.07. The number of hydrogen-bond acceptors (Lipinski definition) is 6. The van der Waals surface area contributed by atoms with Crippen molar-refractivity contribution >= 4 is 22.5 Å². The van der Waals surface area contributed by atoms with E-state index in [-0.39, 0.29) is 17.5 Å². The van der Waals surface area contributed by atoms with Crippen LogP contribution < -0.4 is 5.32 Å². The number of phenolic OH excluding ortho intramolecular Hbond substituents is 2. The summed E-state index contributed by atoms with van der Waals surface area (Å²) in [6, 6.07) is 4.19. The molecule has 0 spiro atoms. The number of carbonyl (C=O) groups excluding carboxylic acids is 1. The summed E-state index contributed by atoms with van der Waals surface area (Å²) in [6.07, 6.45) is 0. The van der Waals surface area contributed by atoms with Gasteiger partial charge in [0.15, 0.2) is 5.13 Å². The Balaban J connectivity index is 1.65. The lowest BCUT2D eigenvalue weighted by atomic mass is 10.1. The van der Waals surface area contributed by atoms with Gasteiger partial charge in [-0.15, -0.1) is 11.3 Å². The Morgan fingerprint density at radius 3 is 2.71 bits per heavy atom. The Morgan fingerprint density at radius 1 is 1.29 bits per heavy atom. The maximum atomic E-state index is 12.3. The summed E-state index contributed by atoms with van der Waals surface area (Å²) < 4.78 is 0. The predicted molar refractivity (Wildman–Crippen MR) is 93.6 cm³/mol. The lowest BCUT2D eigenvalue weighted by Gasteiger charge is -2.33. The third-order valence-corrected chi connectivity index (χ3v) is 4.84. The average molecular weight is 348 g/mol. The smallest absolute Gasteiger partial charge is 0.323 e. The zero-order chi connectivity index (χ0) is 17.1. The topological polar surface area (TPSA) is 88.9 Å². The molecule has 0 aliphatic carbocycles. The van der Waals surface area contributed by atoms with Crippen molar-refractivity contribution in [3.8, 4) is 22.8 Å². The van der Waals surface area contributed by atoms with Gasteiger partial charge in [-0.05, 0) is 18.7 Å². The van der Waals surface area contributed by atoms with E-state index in [0.29, 0.717) is 29.5 Å². The second kappa shape index (κ2) is 7.06. The maximum absolute atomic E-state index is 12.3. The monoisotopic (exact) mass is 348 g/mol. The van der Waals surface area contributed by atoms with E-state index < -0.39 is 0 Å². The number of urea groups is 1. The number of amides is 2. The van der Waals surface area contributed by atoms with Crippen LogP contribution in [0.1, 0.15) is 6.92 Å². The largest absolute Gasteiger partial charge is 0.508 e. The summed E-state index contributed by atoms with van der Waals surface area (Å²) in [5.74, 6) is -0.0555. The van der Waals surface area contributed by atoms with Gasteiger partial charge in [0.2, 0.25) is 0 Å². The summed E-state index contributed by atoms with van der Waals surface area (Å²) >= 11 is 1.30. The van der Waals surface area contributed by atoms with Gasteiger partial charge in [0.1, 0.15) is 11.5 Å². The van der Waals surface area contributed by atoms with Crippen LogP contribution in [0.3, 0.4) is 0 Å². The highest BCUT2D eigenvalue weighted by molar-refractivity contribution is 7.14. The molecule has 1 aliphatic rings. The molecule has 1 aromatic carbocycles. The molecule has 2 heterocycles. The van der Waals surface area contributed by atoms with Crippen molar-refractivity contribution in [3.63, 3.8) is 0 Å². The first-order valence-electron chi connectivity index (χ1n) is 7.83. The number of hydrogen-bond donors (Lipinski definition) is 3. The van der Waals surface area contributed by atoms with Gasteiger partial charge >= 0.3 is 6.03 Å². The van der Waals surface area contributed by atoms with Crippen LogP contribution in [0.2, 0.25) is 0 Å². The predicted octanol–water partition coefficient (Wildman–Crippen LogP) is 2.39. The fraction of sp³-hybridized carbons (Fsp3) is 0.375. The molecule has 3 N–H and O–H groups in total. The second-order valence-corrected chi connectivity index (χ2v) is 6.45. The molecule has 3 rings (SSSR count). The molecule has 1 saturated heterocycles. The highest BCUT2D eigenvalue weighted by atomic mass is 32.1. The van der Waals surface area contributed by atoms with Crippen LogP contribution in [0.5, 0.6) is 11.5 Å². The minimum Gasteiger partial charge on any atom is -0.508 e. The number of rotatable bonds is 3. The van der Waals surface area contributed by atoms with Gasteiger partial charge in [-0.3, -0.25) is 5.32 Å². The molecule has 7 nitrogen and oxygen atoms in total. The van der Waals surface area contributed by atoms with E-state index in [2.05, 4.69) is 22.1 Å². The molecule has 1 fully saturated rings. The molecule has 1 aromatic heterocycles. The van der Waals surface area contributed by atoms with Crippen LogP contribution in [-0.4, -0.2) is 63.8 Å². The molecular formula is C16H20N4O3S. The van der Waals surface area contributed by atoms with Crippen molar-refractivity contribution in [2.24, 2.45) is 0 Å². The van der Waals surface area contributed by atoms with E-state index in [1.54, 1.807) is 16.3 Å². The van der Waals surface area contributed by atoms with E-state index in [4.69, 9.17) is 0 Å². The molecule has 0 saturated carbocycles. The molecule has 128 valence electrons. The number of carbonyl (C=O) groups is 1. The van der Waals surface area contributed by atoms with Gasteiger partial charge in [0.05, 0.1) is 5.69 Å². The standard InChI is InChI=1S/C16H20N4O3S/c1-2-19-5-7-20(8-6-19)16(23)18-15-17-13(10-24-15)12-4-3-11(21)9-14(12)22/h3-4,9-10,21-22H,2,5-8H2,1H3,(H,17,18,23). The summed E-state index contributed by atoms with van der Waals surface area (Å²) in [7, 11) is 0. The SMILES string of the molecule is CCN1CCN(C(=O)Nc2nc(-c3ccc(O)cc3O)cs2)CC1. The van der Waals surface area contributed by atoms with Crippen molar-refractivity contribution < 1.29 is 15.0 Å². The van der Waals surface area contributed by atoms with Crippen LogP contribution >= 0.6 is 11.3 Å². The molecule has 0 bridgehead atoms. The highest BCUT2D eigenvalue weighted by Crippen LogP contribution is 2.33. The first-order valence-corrected chi connectivity index (χ1v) is 8.71. The Hall–Kier alpha value is -2.32. The number of benzene rings is 1. The third-order valence-electron chi connectivity index (χ3n) is 4.08. The fourth-order valence-electron chi connectivity index (χ4n) is 2.63. The third kappa shape index (κ3) is 3.60. The van der Waals surface area contributed by atoms with Crippen molar-refractivity contribution in [2.75, 3.05) is 38.0 Å². The van der Waals surface area contributed by atoms with Gasteiger partial charge in [0.25, 0.3) is 0 Å². The minimum absolute atomic E-state index is 0.00812. The number of anilines is 1. The molecule has 0 unspecified atom stereocenters. The molecule has 24 heavy (non-hydrogen) atoms. The highest BCUT2D eigenvalue weighted by Gasteiger charge is 2.21. The Bertz CT molecular complexity index is 726. The van der Waals surface area contributed by atoms with Crippen LogP contribution in [-0.2, 0) is 0 Å². The Morgan fingerprint density at radius 2 is 2.04 bits per heavy atom. The average Bonchev–Trinajstić information content (AvgIpc) is 3.03. The normalized spacial score (nSPS) is 15.5. The van der Waals surface area contributed by atoms with Crippen molar-refractivity contribution in [3.05, 3.63) is 23.6 Å². The quantitative estimate of drug-likeness (QED) is 0.792. The lowest BCUT2D eigenvalue weighted by molar-refractivity contribution is 0.151. The molecule has 2 amide bonds. The molecule has 0 radical (unpaired) electrons. The second-order valence-electron chi connectivity index (χ2n) is 5.59. The fourth-order valence-corrected chi connectivity index (χ4v) is 3.33. The van der Waals surface area contributed by atoms with Gasteiger partial charge < -0.3 is 20.0 Å². The lowest BCUT2D eigenvalue weighted by Crippen LogP contribution is -2.49. The van der Waals surface area contributed by atoms with E-state index >= 15 is 0 Å².